The molecule has 0 unspecified atom stereocenters. The number of aliphatic imine (C=N–C) groups is 2. The van der Waals surface area contributed by atoms with Crippen molar-refractivity contribution in [1.82, 2.24) is 0 Å². The van der Waals surface area contributed by atoms with E-state index in [0.717, 1.165) is 22.6 Å². The summed E-state index contributed by atoms with van der Waals surface area (Å²) in [7, 11) is 4.78. The standard InChI is InChI=1S/C19H20N4O3/c1-24-13-9-8-11(16(25-2)17(13)26-3)15-14-10-6-4-5-7-12(10)21-18(14)23-19(20)22-15/h4-9,14-15H,1-3H3,(H3,20,21,22,23)/t14-,15-/m0/s1. The predicted octanol–water partition coefficient (Wildman–Crippen LogP) is 2.69. The van der Waals surface area contributed by atoms with Crippen LogP contribution < -0.4 is 25.3 Å². The molecule has 0 aromatic heterocycles. The van der Waals surface area contributed by atoms with Gasteiger partial charge in [0.25, 0.3) is 0 Å². The molecule has 0 bridgehead atoms. The van der Waals surface area contributed by atoms with Gasteiger partial charge in [0.15, 0.2) is 11.5 Å². The lowest BCUT2D eigenvalue weighted by molar-refractivity contribution is 0.320. The number of nitrogens with zero attached hydrogens (tertiary/aromatic N) is 2. The van der Waals surface area contributed by atoms with Crippen molar-refractivity contribution in [3.63, 3.8) is 0 Å². The fraction of sp³-hybridized carbons (Fsp3) is 0.263. The Hall–Kier alpha value is -3.22. The molecule has 2 aromatic rings. The van der Waals surface area contributed by atoms with Crippen LogP contribution in [0.25, 0.3) is 0 Å². The van der Waals surface area contributed by atoms with Crippen LogP contribution in [0.1, 0.15) is 23.1 Å². The molecule has 134 valence electrons. The number of nitrogens with one attached hydrogen (secondary N) is 1. The van der Waals surface area contributed by atoms with Gasteiger partial charge in [-0.25, -0.2) is 4.99 Å². The van der Waals surface area contributed by atoms with Gasteiger partial charge in [-0.3, -0.25) is 0 Å². The Morgan fingerprint density at radius 1 is 0.923 bits per heavy atom. The third-order valence-corrected chi connectivity index (χ3v) is 4.73. The number of guanidine groups is 1. The van der Waals surface area contributed by atoms with E-state index in [-0.39, 0.29) is 17.9 Å². The number of rotatable bonds is 4. The lowest BCUT2D eigenvalue weighted by Crippen LogP contribution is -2.28. The Labute approximate surface area is 151 Å². The van der Waals surface area contributed by atoms with Crippen LogP contribution in [-0.2, 0) is 0 Å². The number of para-hydroxylation sites is 1. The zero-order chi connectivity index (χ0) is 18.3. The van der Waals surface area contributed by atoms with Crippen molar-refractivity contribution in [3.8, 4) is 17.2 Å². The third-order valence-electron chi connectivity index (χ3n) is 4.73. The Balaban J connectivity index is 1.89. The van der Waals surface area contributed by atoms with E-state index in [4.69, 9.17) is 19.9 Å². The Bertz CT molecular complexity index is 923. The van der Waals surface area contributed by atoms with Crippen LogP contribution in [0, 0.1) is 0 Å². The van der Waals surface area contributed by atoms with E-state index in [0.29, 0.717) is 17.2 Å². The highest BCUT2D eigenvalue weighted by atomic mass is 16.5. The average molecular weight is 352 g/mol. The van der Waals surface area contributed by atoms with E-state index in [1.165, 1.54) is 0 Å². The number of benzene rings is 2. The molecule has 3 N–H and O–H groups in total. The summed E-state index contributed by atoms with van der Waals surface area (Å²) in [4.78, 5) is 9.03. The number of hydrogen-bond donors (Lipinski definition) is 2. The monoisotopic (exact) mass is 352 g/mol. The highest BCUT2D eigenvalue weighted by Crippen LogP contribution is 2.50. The summed E-state index contributed by atoms with van der Waals surface area (Å²) in [5.74, 6) is 2.67. The van der Waals surface area contributed by atoms with Crippen LogP contribution in [0.4, 0.5) is 5.69 Å². The number of methoxy groups -OCH3 is 3. The molecule has 7 heteroatoms. The normalized spacial score (nSPS) is 20.3. The van der Waals surface area contributed by atoms with Crippen LogP contribution >= 0.6 is 0 Å². The summed E-state index contributed by atoms with van der Waals surface area (Å²) < 4.78 is 16.6. The van der Waals surface area contributed by atoms with Gasteiger partial charge in [0.05, 0.1) is 33.3 Å². The number of anilines is 1. The van der Waals surface area contributed by atoms with Gasteiger partial charge >= 0.3 is 0 Å². The van der Waals surface area contributed by atoms with Crippen LogP contribution in [0.5, 0.6) is 17.2 Å². The van der Waals surface area contributed by atoms with Gasteiger partial charge < -0.3 is 25.3 Å². The molecular weight excluding hydrogens is 332 g/mol. The van der Waals surface area contributed by atoms with Gasteiger partial charge in [0.2, 0.25) is 11.7 Å². The van der Waals surface area contributed by atoms with Crippen molar-refractivity contribution < 1.29 is 14.2 Å². The molecule has 0 fully saturated rings. The van der Waals surface area contributed by atoms with E-state index in [1.54, 1.807) is 21.3 Å². The second-order valence-corrected chi connectivity index (χ2v) is 6.04. The Morgan fingerprint density at radius 3 is 2.42 bits per heavy atom. The molecule has 26 heavy (non-hydrogen) atoms. The first-order chi connectivity index (χ1) is 12.7. The fourth-order valence-electron chi connectivity index (χ4n) is 3.64. The van der Waals surface area contributed by atoms with E-state index in [1.807, 2.05) is 30.3 Å². The molecule has 4 rings (SSSR count). The van der Waals surface area contributed by atoms with Crippen molar-refractivity contribution in [2.45, 2.75) is 12.0 Å². The molecule has 2 aliphatic heterocycles. The molecular formula is C19H20N4O3. The zero-order valence-corrected chi connectivity index (χ0v) is 14.8. The minimum absolute atomic E-state index is 0.0644. The molecule has 2 heterocycles. The van der Waals surface area contributed by atoms with Gasteiger partial charge in [0, 0.05) is 11.3 Å². The number of ether oxygens (including phenoxy) is 3. The minimum Gasteiger partial charge on any atom is -0.493 e. The predicted molar refractivity (Wildman–Crippen MR) is 101 cm³/mol. The fourth-order valence-corrected chi connectivity index (χ4v) is 3.64. The van der Waals surface area contributed by atoms with Gasteiger partial charge in [0.1, 0.15) is 5.84 Å². The highest BCUT2D eigenvalue weighted by Gasteiger charge is 2.40. The summed E-state index contributed by atoms with van der Waals surface area (Å²) in [6.45, 7) is 0. The number of amidine groups is 1. The molecule has 2 aliphatic rings. The summed E-state index contributed by atoms with van der Waals surface area (Å²) in [6, 6.07) is 11.6. The molecule has 0 amide bonds. The molecule has 7 nitrogen and oxygen atoms in total. The van der Waals surface area contributed by atoms with E-state index in [9.17, 15) is 0 Å². The first-order valence-corrected chi connectivity index (χ1v) is 8.24. The topological polar surface area (TPSA) is 90.5 Å². The van der Waals surface area contributed by atoms with Crippen LogP contribution in [0.15, 0.2) is 46.4 Å². The lowest BCUT2D eigenvalue weighted by Gasteiger charge is -2.27. The summed E-state index contributed by atoms with van der Waals surface area (Å²) in [5.41, 5.74) is 9.01. The molecule has 0 radical (unpaired) electrons. The van der Waals surface area contributed by atoms with E-state index < -0.39 is 0 Å². The van der Waals surface area contributed by atoms with Crippen molar-refractivity contribution in [3.05, 3.63) is 47.5 Å². The molecule has 0 saturated heterocycles. The van der Waals surface area contributed by atoms with E-state index in [2.05, 4.69) is 21.4 Å². The second-order valence-electron chi connectivity index (χ2n) is 6.04. The third kappa shape index (κ3) is 2.35. The minimum atomic E-state index is -0.284. The molecule has 2 aromatic carbocycles. The first kappa shape index (κ1) is 16.3. The van der Waals surface area contributed by atoms with Crippen molar-refractivity contribution in [1.29, 1.82) is 0 Å². The summed E-state index contributed by atoms with van der Waals surface area (Å²) in [5, 5.41) is 3.35. The van der Waals surface area contributed by atoms with Gasteiger partial charge in [-0.1, -0.05) is 18.2 Å². The van der Waals surface area contributed by atoms with Crippen LogP contribution in [0.3, 0.4) is 0 Å². The van der Waals surface area contributed by atoms with Crippen LogP contribution in [-0.4, -0.2) is 33.1 Å². The maximum Gasteiger partial charge on any atom is 0.217 e. The lowest BCUT2D eigenvalue weighted by atomic mass is 9.86. The SMILES string of the molecule is COc1ccc([C@@H]2N=C(N)N=C3Nc4ccccc4[C@H]32)c(OC)c1OC. The Kier molecular flexibility index (Phi) is 3.91. The van der Waals surface area contributed by atoms with Crippen molar-refractivity contribution in [2.24, 2.45) is 15.7 Å². The van der Waals surface area contributed by atoms with Crippen molar-refractivity contribution in [2.75, 3.05) is 26.6 Å². The average Bonchev–Trinajstić information content (AvgIpc) is 3.03. The molecule has 0 spiro atoms. The van der Waals surface area contributed by atoms with E-state index >= 15 is 0 Å². The smallest absolute Gasteiger partial charge is 0.217 e. The molecule has 0 saturated carbocycles. The van der Waals surface area contributed by atoms with Crippen molar-refractivity contribution >= 4 is 17.5 Å². The first-order valence-electron chi connectivity index (χ1n) is 8.24. The quantitative estimate of drug-likeness (QED) is 0.883. The molecule has 2 atom stereocenters. The molecule has 0 aliphatic carbocycles. The number of hydrogen-bond acceptors (Lipinski definition) is 7. The number of nitrogens with two attached hydrogens (primary N) is 1. The van der Waals surface area contributed by atoms with Crippen LogP contribution in [0.2, 0.25) is 0 Å². The zero-order valence-electron chi connectivity index (χ0n) is 14.8. The second kappa shape index (κ2) is 6.25. The maximum absolute atomic E-state index is 6.00. The Morgan fingerprint density at radius 2 is 1.69 bits per heavy atom. The van der Waals surface area contributed by atoms with Gasteiger partial charge in [-0.15, -0.1) is 0 Å². The highest BCUT2D eigenvalue weighted by molar-refractivity contribution is 6.13. The van der Waals surface area contributed by atoms with Gasteiger partial charge in [-0.05, 0) is 23.8 Å². The largest absolute Gasteiger partial charge is 0.493 e. The number of fused-ring (bicyclic) bond motifs is 3. The maximum atomic E-state index is 6.00. The summed E-state index contributed by atoms with van der Waals surface area (Å²) >= 11 is 0. The van der Waals surface area contributed by atoms with Gasteiger partial charge in [-0.2, -0.15) is 4.99 Å². The summed E-state index contributed by atoms with van der Waals surface area (Å²) in [6.07, 6.45) is 0.